The fourth-order valence-corrected chi connectivity index (χ4v) is 2.18. The van der Waals surface area contributed by atoms with Crippen LogP contribution in [0.3, 0.4) is 0 Å². The van der Waals surface area contributed by atoms with Crippen LogP contribution in [0.4, 0.5) is 26.3 Å². The third kappa shape index (κ3) is 5.90. The van der Waals surface area contributed by atoms with E-state index in [1.165, 1.54) is 0 Å². The van der Waals surface area contributed by atoms with Gasteiger partial charge in [-0.3, -0.25) is 0 Å². The first-order chi connectivity index (χ1) is 10.0. The summed E-state index contributed by atoms with van der Waals surface area (Å²) in [5.74, 6) is -2.95. The summed E-state index contributed by atoms with van der Waals surface area (Å²) in [7, 11) is 0. The Kier molecular flexibility index (Phi) is 6.90. The average molecular weight is 338 g/mol. The van der Waals surface area contributed by atoms with Gasteiger partial charge in [-0.25, -0.2) is 0 Å². The van der Waals surface area contributed by atoms with Gasteiger partial charge in [0.25, 0.3) is 0 Å². The predicted octanol–water partition coefficient (Wildman–Crippen LogP) is 1.82. The number of ether oxygens (including phenoxy) is 2. The zero-order chi connectivity index (χ0) is 17.0. The molecule has 0 spiro atoms. The minimum Gasteiger partial charge on any atom is -0.381 e. The zero-order valence-corrected chi connectivity index (χ0v) is 11.8. The van der Waals surface area contributed by atoms with Gasteiger partial charge in [-0.2, -0.15) is 26.3 Å². The molecular formula is C12H20F6N2O2. The Morgan fingerprint density at radius 3 is 1.18 bits per heavy atom. The molecule has 2 rings (SSSR count). The Morgan fingerprint density at radius 1 is 0.682 bits per heavy atom. The van der Waals surface area contributed by atoms with Crippen molar-refractivity contribution in [2.75, 3.05) is 26.4 Å². The van der Waals surface area contributed by atoms with Crippen molar-refractivity contribution in [2.24, 2.45) is 23.3 Å². The lowest BCUT2D eigenvalue weighted by Gasteiger charge is -2.30. The van der Waals surface area contributed by atoms with E-state index in [0.29, 0.717) is 26.1 Å². The summed E-state index contributed by atoms with van der Waals surface area (Å²) in [6.45, 7) is 0.108. The first kappa shape index (κ1) is 19.5. The van der Waals surface area contributed by atoms with Gasteiger partial charge in [0, 0.05) is 25.3 Å². The summed E-state index contributed by atoms with van der Waals surface area (Å²) in [5, 5.41) is 0. The van der Waals surface area contributed by atoms with E-state index in [2.05, 4.69) is 9.47 Å². The van der Waals surface area contributed by atoms with E-state index in [9.17, 15) is 26.3 Å². The largest absolute Gasteiger partial charge is 0.395 e. The van der Waals surface area contributed by atoms with Gasteiger partial charge >= 0.3 is 12.4 Å². The molecule has 0 unspecified atom stereocenters. The molecular weight excluding hydrogens is 318 g/mol. The van der Waals surface area contributed by atoms with Crippen molar-refractivity contribution in [1.29, 1.82) is 0 Å². The number of rotatable bonds is 0. The van der Waals surface area contributed by atoms with Crippen molar-refractivity contribution < 1.29 is 35.8 Å². The summed E-state index contributed by atoms with van der Waals surface area (Å²) in [6.07, 6.45) is -7.83. The molecule has 0 bridgehead atoms. The third-order valence-corrected chi connectivity index (χ3v) is 3.66. The Labute approximate surface area is 124 Å². The maximum atomic E-state index is 12.0. The van der Waals surface area contributed by atoms with Crippen LogP contribution in [0, 0.1) is 11.8 Å². The first-order valence-electron chi connectivity index (χ1n) is 6.83. The van der Waals surface area contributed by atoms with Gasteiger partial charge in [-0.05, 0) is 12.8 Å². The molecule has 0 aromatic heterocycles. The van der Waals surface area contributed by atoms with Crippen molar-refractivity contribution in [2.45, 2.75) is 37.3 Å². The minimum absolute atomic E-state index is 0.287. The molecule has 0 saturated carbocycles. The molecule has 132 valence electrons. The van der Waals surface area contributed by atoms with Gasteiger partial charge in [0.1, 0.15) is 0 Å². The van der Waals surface area contributed by atoms with Crippen molar-refractivity contribution in [1.82, 2.24) is 0 Å². The van der Waals surface area contributed by atoms with E-state index in [4.69, 9.17) is 11.5 Å². The van der Waals surface area contributed by atoms with Crippen LogP contribution in [-0.4, -0.2) is 50.9 Å². The maximum Gasteiger partial charge on any atom is 0.395 e. The van der Waals surface area contributed by atoms with Crippen LogP contribution in [-0.2, 0) is 9.47 Å². The molecule has 0 aliphatic carbocycles. The number of halogens is 6. The Morgan fingerprint density at radius 2 is 1.00 bits per heavy atom. The number of hydrogen-bond acceptors (Lipinski definition) is 4. The second-order valence-electron chi connectivity index (χ2n) is 5.35. The van der Waals surface area contributed by atoms with E-state index in [1.54, 1.807) is 0 Å². The highest BCUT2D eigenvalue weighted by Crippen LogP contribution is 2.32. The van der Waals surface area contributed by atoms with E-state index in [0.717, 1.165) is 0 Å². The molecule has 10 heteroatoms. The Balaban J connectivity index is 0.000000220. The average Bonchev–Trinajstić information content (AvgIpc) is 2.37. The molecule has 4 atom stereocenters. The van der Waals surface area contributed by atoms with E-state index in [-0.39, 0.29) is 13.2 Å². The maximum absolute atomic E-state index is 12.0. The smallest absolute Gasteiger partial charge is 0.381 e. The molecule has 0 radical (unpaired) electrons. The number of alkyl halides is 6. The van der Waals surface area contributed by atoms with E-state index >= 15 is 0 Å². The normalized spacial score (nSPS) is 33.8. The second-order valence-corrected chi connectivity index (χ2v) is 5.35. The minimum atomic E-state index is -4.21. The lowest BCUT2D eigenvalue weighted by molar-refractivity contribution is -0.205. The molecule has 22 heavy (non-hydrogen) atoms. The lowest BCUT2D eigenvalue weighted by atomic mass is 9.96. The van der Waals surface area contributed by atoms with Crippen LogP contribution in [0.15, 0.2) is 0 Å². The molecule has 2 heterocycles. The van der Waals surface area contributed by atoms with Crippen LogP contribution < -0.4 is 11.5 Å². The van der Waals surface area contributed by atoms with Crippen molar-refractivity contribution in [3.63, 3.8) is 0 Å². The fraction of sp³-hybridized carbons (Fsp3) is 1.00. The Bertz CT molecular complexity index is 305. The summed E-state index contributed by atoms with van der Waals surface area (Å²) >= 11 is 0. The Hall–Kier alpha value is -0.580. The summed E-state index contributed by atoms with van der Waals surface area (Å²) < 4.78 is 81.5. The third-order valence-electron chi connectivity index (χ3n) is 3.66. The highest BCUT2D eigenvalue weighted by atomic mass is 19.4. The first-order valence-corrected chi connectivity index (χ1v) is 6.83. The molecule has 2 aliphatic heterocycles. The summed E-state index contributed by atoms with van der Waals surface area (Å²) in [5.41, 5.74) is 10.5. The van der Waals surface area contributed by atoms with Gasteiger partial charge in [0.2, 0.25) is 0 Å². The molecule has 4 N–H and O–H groups in total. The monoisotopic (exact) mass is 338 g/mol. The predicted molar refractivity (Wildman–Crippen MR) is 65.9 cm³/mol. The lowest BCUT2D eigenvalue weighted by Crippen LogP contribution is -2.46. The van der Waals surface area contributed by atoms with Crippen LogP contribution >= 0.6 is 0 Å². The van der Waals surface area contributed by atoms with E-state index in [1.807, 2.05) is 0 Å². The van der Waals surface area contributed by atoms with Gasteiger partial charge < -0.3 is 20.9 Å². The quantitative estimate of drug-likeness (QED) is 0.661. The second kappa shape index (κ2) is 7.80. The van der Waals surface area contributed by atoms with E-state index < -0.39 is 36.3 Å². The SMILES string of the molecule is N[C@@H]1CCOC[C@@H]1C(F)(F)F.N[C@H]1CCOC[C@H]1C(F)(F)F. The van der Waals surface area contributed by atoms with Gasteiger partial charge in [0.15, 0.2) is 0 Å². The van der Waals surface area contributed by atoms with Crippen molar-refractivity contribution >= 4 is 0 Å². The molecule has 4 nitrogen and oxygen atoms in total. The van der Waals surface area contributed by atoms with Crippen LogP contribution in [0.25, 0.3) is 0 Å². The highest BCUT2D eigenvalue weighted by Gasteiger charge is 2.45. The summed E-state index contributed by atoms with van der Waals surface area (Å²) in [6, 6.07) is -1.58. The van der Waals surface area contributed by atoms with Gasteiger partial charge in [-0.15, -0.1) is 0 Å². The van der Waals surface area contributed by atoms with Crippen molar-refractivity contribution in [3.8, 4) is 0 Å². The standard InChI is InChI=1S/2C6H10F3NO/c2*7-6(8,9)4-3-11-2-1-5(4)10/h2*4-5H,1-3,10H2/t2*4-,5+/m10/s1. The van der Waals surface area contributed by atoms with Gasteiger partial charge in [0.05, 0.1) is 25.0 Å². The molecule has 0 aromatic carbocycles. The van der Waals surface area contributed by atoms with Crippen LogP contribution in [0.2, 0.25) is 0 Å². The summed E-state index contributed by atoms with van der Waals surface area (Å²) in [4.78, 5) is 0. The molecule has 0 amide bonds. The highest BCUT2D eigenvalue weighted by molar-refractivity contribution is 4.82. The van der Waals surface area contributed by atoms with Crippen LogP contribution in [0.5, 0.6) is 0 Å². The molecule has 0 aromatic rings. The van der Waals surface area contributed by atoms with Crippen LogP contribution in [0.1, 0.15) is 12.8 Å². The fourth-order valence-electron chi connectivity index (χ4n) is 2.18. The molecule has 2 saturated heterocycles. The molecule has 2 aliphatic rings. The number of hydrogen-bond donors (Lipinski definition) is 2. The van der Waals surface area contributed by atoms with Gasteiger partial charge in [-0.1, -0.05) is 0 Å². The van der Waals surface area contributed by atoms with Crippen molar-refractivity contribution in [3.05, 3.63) is 0 Å². The topological polar surface area (TPSA) is 70.5 Å². The molecule has 2 fully saturated rings. The zero-order valence-electron chi connectivity index (χ0n) is 11.8. The number of nitrogens with two attached hydrogens (primary N) is 2.